The first kappa shape index (κ1) is 10.8. The Morgan fingerprint density at radius 1 is 1.19 bits per heavy atom. The molecule has 2 nitrogen and oxygen atoms in total. The highest BCUT2D eigenvalue weighted by atomic mass is 35.5. The molecule has 0 N–H and O–H groups in total. The summed E-state index contributed by atoms with van der Waals surface area (Å²) in [5.41, 5.74) is 2.42. The molecule has 2 rings (SSSR count). The van der Waals surface area contributed by atoms with Crippen LogP contribution in [0.2, 0.25) is 5.02 Å². The Kier molecular flexibility index (Phi) is 3.02. The lowest BCUT2D eigenvalue weighted by Crippen LogP contribution is -1.95. The van der Waals surface area contributed by atoms with Crippen LogP contribution in [-0.2, 0) is 0 Å². The third-order valence-corrected chi connectivity index (χ3v) is 2.52. The molecule has 0 unspecified atom stereocenters. The van der Waals surface area contributed by atoms with Crippen LogP contribution in [0.25, 0.3) is 11.1 Å². The Labute approximate surface area is 98.9 Å². The van der Waals surface area contributed by atoms with Gasteiger partial charge in [0.05, 0.1) is 0 Å². The average Bonchev–Trinajstić information content (AvgIpc) is 2.29. The van der Waals surface area contributed by atoms with Gasteiger partial charge < -0.3 is 0 Å². The number of Topliss-reactive ketones (excluding diaryl/α,β-unsaturated/α-hetero) is 1. The number of carbonyl (C=O) groups excluding carboxylic acids is 1. The minimum Gasteiger partial charge on any atom is -0.293 e. The number of hydrogen-bond donors (Lipinski definition) is 0. The lowest BCUT2D eigenvalue weighted by atomic mass is 10.1. The monoisotopic (exact) mass is 231 g/mol. The third-order valence-electron chi connectivity index (χ3n) is 2.28. The maximum absolute atomic E-state index is 11.1. The van der Waals surface area contributed by atoms with Gasteiger partial charge in [-0.2, -0.15) is 0 Å². The van der Waals surface area contributed by atoms with Gasteiger partial charge in [-0.25, -0.2) is 0 Å². The molecule has 2 aromatic rings. The fourth-order valence-corrected chi connectivity index (χ4v) is 1.63. The number of aromatic nitrogens is 1. The Morgan fingerprint density at radius 3 is 2.56 bits per heavy atom. The molecule has 0 aliphatic heterocycles. The molecule has 0 fully saturated rings. The van der Waals surface area contributed by atoms with Crippen molar-refractivity contribution in [1.82, 2.24) is 4.98 Å². The first-order valence-corrected chi connectivity index (χ1v) is 5.27. The van der Waals surface area contributed by atoms with Crippen LogP contribution >= 0.6 is 11.6 Å². The zero-order valence-electron chi connectivity index (χ0n) is 8.77. The van der Waals surface area contributed by atoms with Crippen LogP contribution in [0.15, 0.2) is 42.6 Å². The minimum atomic E-state index is -0.0300. The van der Waals surface area contributed by atoms with Gasteiger partial charge in [-0.05, 0) is 23.8 Å². The van der Waals surface area contributed by atoms with E-state index in [1.165, 1.54) is 6.92 Å². The maximum Gasteiger partial charge on any atom is 0.178 e. The quantitative estimate of drug-likeness (QED) is 0.739. The van der Waals surface area contributed by atoms with E-state index < -0.39 is 0 Å². The van der Waals surface area contributed by atoms with Crippen molar-refractivity contribution >= 4 is 17.4 Å². The molecular weight excluding hydrogens is 222 g/mol. The van der Waals surface area contributed by atoms with E-state index in [4.69, 9.17) is 11.6 Å². The molecule has 1 aromatic heterocycles. The molecule has 0 amide bonds. The largest absolute Gasteiger partial charge is 0.293 e. The summed E-state index contributed by atoms with van der Waals surface area (Å²) in [6.07, 6.45) is 1.68. The van der Waals surface area contributed by atoms with Crippen molar-refractivity contribution in [3.63, 3.8) is 0 Å². The summed E-state index contributed by atoms with van der Waals surface area (Å²) in [6.45, 7) is 1.50. The van der Waals surface area contributed by atoms with Crippen LogP contribution in [0, 0.1) is 0 Å². The van der Waals surface area contributed by atoms with Crippen molar-refractivity contribution in [1.29, 1.82) is 0 Å². The van der Waals surface area contributed by atoms with E-state index in [-0.39, 0.29) is 5.78 Å². The van der Waals surface area contributed by atoms with Crippen molar-refractivity contribution in [2.75, 3.05) is 0 Å². The fraction of sp³-hybridized carbons (Fsp3) is 0.0769. The summed E-state index contributed by atoms with van der Waals surface area (Å²) in [5, 5.41) is 0.688. The second-order valence-corrected chi connectivity index (χ2v) is 3.94. The summed E-state index contributed by atoms with van der Waals surface area (Å²) < 4.78 is 0. The van der Waals surface area contributed by atoms with Gasteiger partial charge in [-0.15, -0.1) is 0 Å². The van der Waals surface area contributed by atoms with Gasteiger partial charge in [0, 0.05) is 23.7 Å². The van der Waals surface area contributed by atoms with Crippen molar-refractivity contribution in [2.24, 2.45) is 0 Å². The summed E-state index contributed by atoms with van der Waals surface area (Å²) >= 11 is 5.90. The SMILES string of the molecule is CC(=O)c1ccc(-c2cccc(Cl)c2)cn1. The van der Waals surface area contributed by atoms with E-state index in [2.05, 4.69) is 4.98 Å². The van der Waals surface area contributed by atoms with Crippen LogP contribution in [0.4, 0.5) is 0 Å². The number of benzene rings is 1. The minimum absolute atomic E-state index is 0.0300. The molecule has 80 valence electrons. The molecule has 0 saturated carbocycles. The highest BCUT2D eigenvalue weighted by Gasteiger charge is 2.02. The van der Waals surface area contributed by atoms with Crippen LogP contribution in [0.3, 0.4) is 0 Å². The molecule has 3 heteroatoms. The topological polar surface area (TPSA) is 30.0 Å². The number of hydrogen-bond acceptors (Lipinski definition) is 2. The van der Waals surface area contributed by atoms with Crippen LogP contribution in [-0.4, -0.2) is 10.8 Å². The number of halogens is 1. The fourth-order valence-electron chi connectivity index (χ4n) is 1.44. The first-order chi connectivity index (χ1) is 7.66. The molecule has 1 aromatic carbocycles. The molecule has 16 heavy (non-hydrogen) atoms. The Morgan fingerprint density at radius 2 is 2.00 bits per heavy atom. The van der Waals surface area contributed by atoms with Crippen molar-refractivity contribution in [2.45, 2.75) is 6.92 Å². The van der Waals surface area contributed by atoms with Gasteiger partial charge in [0.2, 0.25) is 0 Å². The normalized spacial score (nSPS) is 10.1. The van der Waals surface area contributed by atoms with E-state index in [1.54, 1.807) is 12.3 Å². The van der Waals surface area contributed by atoms with Crippen LogP contribution < -0.4 is 0 Å². The van der Waals surface area contributed by atoms with E-state index in [0.717, 1.165) is 11.1 Å². The number of rotatable bonds is 2. The number of pyridine rings is 1. The van der Waals surface area contributed by atoms with E-state index >= 15 is 0 Å². The number of carbonyl (C=O) groups is 1. The lowest BCUT2D eigenvalue weighted by Gasteiger charge is -2.02. The summed E-state index contributed by atoms with van der Waals surface area (Å²) in [7, 11) is 0. The van der Waals surface area contributed by atoms with Gasteiger partial charge in [-0.1, -0.05) is 29.8 Å². The third kappa shape index (κ3) is 2.28. The highest BCUT2D eigenvalue weighted by molar-refractivity contribution is 6.30. The maximum atomic E-state index is 11.1. The second-order valence-electron chi connectivity index (χ2n) is 3.50. The molecular formula is C13H10ClNO. The Balaban J connectivity index is 2.38. The first-order valence-electron chi connectivity index (χ1n) is 4.90. The number of ketones is 1. The Bertz CT molecular complexity index is 520. The van der Waals surface area contributed by atoms with Gasteiger partial charge in [0.25, 0.3) is 0 Å². The van der Waals surface area contributed by atoms with Crippen molar-refractivity contribution in [3.8, 4) is 11.1 Å². The van der Waals surface area contributed by atoms with Crippen LogP contribution in [0.5, 0.6) is 0 Å². The highest BCUT2D eigenvalue weighted by Crippen LogP contribution is 2.21. The van der Waals surface area contributed by atoms with E-state index in [0.29, 0.717) is 10.7 Å². The number of nitrogens with zero attached hydrogens (tertiary/aromatic N) is 1. The van der Waals surface area contributed by atoms with Gasteiger partial charge in [-0.3, -0.25) is 9.78 Å². The van der Waals surface area contributed by atoms with E-state index in [1.807, 2.05) is 30.3 Å². The molecule has 0 atom stereocenters. The van der Waals surface area contributed by atoms with Gasteiger partial charge in [0.15, 0.2) is 5.78 Å². The van der Waals surface area contributed by atoms with Crippen molar-refractivity contribution in [3.05, 3.63) is 53.3 Å². The summed E-state index contributed by atoms with van der Waals surface area (Å²) in [5.74, 6) is -0.0300. The average molecular weight is 232 g/mol. The van der Waals surface area contributed by atoms with Gasteiger partial charge >= 0.3 is 0 Å². The zero-order chi connectivity index (χ0) is 11.5. The summed E-state index contributed by atoms with van der Waals surface area (Å²) in [6, 6.07) is 11.1. The smallest absolute Gasteiger partial charge is 0.178 e. The summed E-state index contributed by atoms with van der Waals surface area (Å²) in [4.78, 5) is 15.2. The molecule has 0 aliphatic carbocycles. The molecule has 1 heterocycles. The van der Waals surface area contributed by atoms with E-state index in [9.17, 15) is 4.79 Å². The second kappa shape index (κ2) is 4.45. The molecule has 0 spiro atoms. The molecule has 0 aliphatic rings. The molecule has 0 bridgehead atoms. The Hall–Kier alpha value is -1.67. The predicted molar refractivity (Wildman–Crippen MR) is 64.7 cm³/mol. The standard InChI is InChI=1S/C13H10ClNO/c1-9(16)13-6-5-11(8-15-13)10-3-2-4-12(14)7-10/h2-8H,1H3. The van der Waals surface area contributed by atoms with Crippen molar-refractivity contribution < 1.29 is 4.79 Å². The predicted octanol–water partition coefficient (Wildman–Crippen LogP) is 3.60. The van der Waals surface area contributed by atoms with Gasteiger partial charge in [0.1, 0.15) is 5.69 Å². The zero-order valence-corrected chi connectivity index (χ0v) is 9.53. The lowest BCUT2D eigenvalue weighted by molar-refractivity contribution is 0.101. The molecule has 0 saturated heterocycles. The van der Waals surface area contributed by atoms with Crippen LogP contribution in [0.1, 0.15) is 17.4 Å². The molecule has 0 radical (unpaired) electrons.